The van der Waals surface area contributed by atoms with Crippen molar-refractivity contribution in [3.05, 3.63) is 39.3 Å². The molecule has 102 valence electrons. The topological polar surface area (TPSA) is 34.1 Å². The standard InChI is InChI=1S/C14H17ClN2OS/c1-3-6-18-14-5-4-11(15)7-13(14)17-9-12-8-16-10(2)19-12/h4-5,7-8,17H,3,6,9H2,1-2H3. The van der Waals surface area contributed by atoms with Gasteiger partial charge < -0.3 is 10.1 Å². The van der Waals surface area contributed by atoms with E-state index in [4.69, 9.17) is 16.3 Å². The molecule has 0 radical (unpaired) electrons. The average molecular weight is 297 g/mol. The van der Waals surface area contributed by atoms with Crippen molar-refractivity contribution in [2.45, 2.75) is 26.8 Å². The molecule has 1 N–H and O–H groups in total. The zero-order valence-electron chi connectivity index (χ0n) is 11.1. The van der Waals surface area contributed by atoms with Crippen molar-refractivity contribution in [2.24, 2.45) is 0 Å². The predicted octanol–water partition coefficient (Wildman–Crippen LogP) is 4.51. The van der Waals surface area contributed by atoms with Crippen LogP contribution < -0.4 is 10.1 Å². The number of aryl methyl sites for hydroxylation is 1. The van der Waals surface area contributed by atoms with E-state index in [-0.39, 0.29) is 0 Å². The molecule has 0 aliphatic carbocycles. The Morgan fingerprint density at radius 1 is 1.42 bits per heavy atom. The number of rotatable bonds is 6. The fourth-order valence-electron chi connectivity index (χ4n) is 1.65. The molecule has 0 atom stereocenters. The first kappa shape index (κ1) is 14.2. The highest BCUT2D eigenvalue weighted by Crippen LogP contribution is 2.29. The van der Waals surface area contributed by atoms with Crippen LogP contribution in [0.4, 0.5) is 5.69 Å². The van der Waals surface area contributed by atoms with Gasteiger partial charge in [0.1, 0.15) is 5.75 Å². The van der Waals surface area contributed by atoms with Crippen LogP contribution in [-0.2, 0) is 6.54 Å². The fraction of sp³-hybridized carbons (Fsp3) is 0.357. The van der Waals surface area contributed by atoms with Crippen molar-refractivity contribution in [1.82, 2.24) is 4.98 Å². The number of benzene rings is 1. The second-order valence-corrected chi connectivity index (χ2v) is 5.94. The Hall–Kier alpha value is -1.26. The van der Waals surface area contributed by atoms with Gasteiger partial charge in [-0.3, -0.25) is 0 Å². The lowest BCUT2D eigenvalue weighted by molar-refractivity contribution is 0.319. The first-order valence-electron chi connectivity index (χ1n) is 6.26. The van der Waals surface area contributed by atoms with Crippen molar-refractivity contribution in [1.29, 1.82) is 0 Å². The molecule has 1 aromatic carbocycles. The van der Waals surface area contributed by atoms with Gasteiger partial charge in [-0.05, 0) is 31.5 Å². The summed E-state index contributed by atoms with van der Waals surface area (Å²) in [6.07, 6.45) is 2.88. The third kappa shape index (κ3) is 4.11. The molecule has 1 aromatic heterocycles. The van der Waals surface area contributed by atoms with Gasteiger partial charge in [-0.15, -0.1) is 11.3 Å². The molecule has 0 fully saturated rings. The van der Waals surface area contributed by atoms with E-state index in [1.54, 1.807) is 11.3 Å². The summed E-state index contributed by atoms with van der Waals surface area (Å²) in [6, 6.07) is 5.63. The van der Waals surface area contributed by atoms with E-state index in [2.05, 4.69) is 17.2 Å². The maximum Gasteiger partial charge on any atom is 0.142 e. The van der Waals surface area contributed by atoms with Crippen LogP contribution in [0.2, 0.25) is 5.02 Å². The molecule has 2 rings (SSSR count). The molecule has 1 heterocycles. The minimum Gasteiger partial charge on any atom is -0.491 e. The van der Waals surface area contributed by atoms with Crippen LogP contribution in [0, 0.1) is 6.92 Å². The van der Waals surface area contributed by atoms with Gasteiger partial charge in [0.15, 0.2) is 0 Å². The Morgan fingerprint density at radius 2 is 2.26 bits per heavy atom. The zero-order chi connectivity index (χ0) is 13.7. The summed E-state index contributed by atoms with van der Waals surface area (Å²) in [4.78, 5) is 5.43. The number of hydrogen-bond donors (Lipinski definition) is 1. The number of nitrogens with zero attached hydrogens (tertiary/aromatic N) is 1. The highest BCUT2D eigenvalue weighted by atomic mass is 35.5. The number of thiazole rings is 1. The van der Waals surface area contributed by atoms with Gasteiger partial charge in [0.25, 0.3) is 0 Å². The number of ether oxygens (including phenoxy) is 1. The molecule has 0 amide bonds. The number of nitrogens with one attached hydrogen (secondary N) is 1. The first-order valence-corrected chi connectivity index (χ1v) is 7.46. The van der Waals surface area contributed by atoms with Gasteiger partial charge in [0, 0.05) is 16.1 Å². The second kappa shape index (κ2) is 6.78. The summed E-state index contributed by atoms with van der Waals surface area (Å²) in [6.45, 7) is 5.52. The summed E-state index contributed by atoms with van der Waals surface area (Å²) in [5, 5.41) is 5.13. The third-order valence-corrected chi connectivity index (χ3v) is 3.67. The summed E-state index contributed by atoms with van der Waals surface area (Å²) >= 11 is 7.72. The molecule has 5 heteroatoms. The largest absolute Gasteiger partial charge is 0.491 e. The Balaban J connectivity index is 2.06. The molecule has 19 heavy (non-hydrogen) atoms. The highest BCUT2D eigenvalue weighted by molar-refractivity contribution is 7.11. The molecule has 0 aliphatic heterocycles. The Bertz CT molecular complexity index is 542. The summed E-state index contributed by atoms with van der Waals surface area (Å²) in [5.74, 6) is 0.840. The summed E-state index contributed by atoms with van der Waals surface area (Å²) < 4.78 is 5.70. The molecule has 0 bridgehead atoms. The molecule has 0 saturated heterocycles. The fourth-order valence-corrected chi connectivity index (χ4v) is 2.55. The molecular weight excluding hydrogens is 280 g/mol. The van der Waals surface area contributed by atoms with Crippen LogP contribution in [-0.4, -0.2) is 11.6 Å². The van der Waals surface area contributed by atoms with Gasteiger partial charge in [-0.25, -0.2) is 4.98 Å². The molecule has 0 unspecified atom stereocenters. The number of halogens is 1. The van der Waals surface area contributed by atoms with Crippen LogP contribution in [0.3, 0.4) is 0 Å². The molecule has 0 spiro atoms. The van der Waals surface area contributed by atoms with E-state index in [1.807, 2.05) is 31.3 Å². The normalized spacial score (nSPS) is 10.5. The monoisotopic (exact) mass is 296 g/mol. The lowest BCUT2D eigenvalue weighted by Crippen LogP contribution is -2.02. The molecule has 2 aromatic rings. The zero-order valence-corrected chi connectivity index (χ0v) is 12.6. The van der Waals surface area contributed by atoms with E-state index in [1.165, 1.54) is 4.88 Å². The van der Waals surface area contributed by atoms with Crippen molar-refractivity contribution in [3.63, 3.8) is 0 Å². The molecule has 3 nitrogen and oxygen atoms in total. The average Bonchev–Trinajstić information content (AvgIpc) is 2.81. The van der Waals surface area contributed by atoms with Gasteiger partial charge in [0.05, 0.1) is 23.8 Å². The van der Waals surface area contributed by atoms with Crippen molar-refractivity contribution in [2.75, 3.05) is 11.9 Å². The Morgan fingerprint density at radius 3 is 2.95 bits per heavy atom. The lowest BCUT2D eigenvalue weighted by Gasteiger charge is -2.12. The van der Waals surface area contributed by atoms with Gasteiger partial charge in [-0.1, -0.05) is 18.5 Å². The van der Waals surface area contributed by atoms with E-state index in [0.717, 1.165) is 29.4 Å². The maximum absolute atomic E-state index is 6.03. The molecular formula is C14H17ClN2OS. The predicted molar refractivity (Wildman–Crippen MR) is 81.4 cm³/mol. The van der Waals surface area contributed by atoms with Crippen LogP contribution >= 0.6 is 22.9 Å². The van der Waals surface area contributed by atoms with E-state index in [9.17, 15) is 0 Å². The summed E-state index contributed by atoms with van der Waals surface area (Å²) in [5.41, 5.74) is 0.923. The lowest BCUT2D eigenvalue weighted by atomic mass is 10.3. The molecule has 0 saturated carbocycles. The van der Waals surface area contributed by atoms with Crippen LogP contribution in [0.1, 0.15) is 23.2 Å². The minimum atomic E-state index is 0.701. The second-order valence-electron chi connectivity index (χ2n) is 4.19. The van der Waals surface area contributed by atoms with E-state index in [0.29, 0.717) is 11.6 Å². The summed E-state index contributed by atoms with van der Waals surface area (Å²) in [7, 11) is 0. The first-order chi connectivity index (χ1) is 9.19. The van der Waals surface area contributed by atoms with Crippen LogP contribution in [0.5, 0.6) is 5.75 Å². The van der Waals surface area contributed by atoms with Crippen LogP contribution in [0.25, 0.3) is 0 Å². The number of hydrogen-bond acceptors (Lipinski definition) is 4. The number of anilines is 1. The minimum absolute atomic E-state index is 0.701. The molecule has 0 aliphatic rings. The van der Waals surface area contributed by atoms with Crippen molar-refractivity contribution >= 4 is 28.6 Å². The Kier molecular flexibility index (Phi) is 5.05. The smallest absolute Gasteiger partial charge is 0.142 e. The van der Waals surface area contributed by atoms with Crippen molar-refractivity contribution < 1.29 is 4.74 Å². The third-order valence-electron chi connectivity index (χ3n) is 2.53. The van der Waals surface area contributed by atoms with Crippen LogP contribution in [0.15, 0.2) is 24.4 Å². The quantitative estimate of drug-likeness (QED) is 0.852. The van der Waals surface area contributed by atoms with Crippen molar-refractivity contribution in [3.8, 4) is 5.75 Å². The number of aromatic nitrogens is 1. The van der Waals surface area contributed by atoms with E-state index >= 15 is 0 Å². The maximum atomic E-state index is 6.03. The van der Waals surface area contributed by atoms with Gasteiger partial charge in [0.2, 0.25) is 0 Å². The highest BCUT2D eigenvalue weighted by Gasteiger charge is 2.05. The van der Waals surface area contributed by atoms with Gasteiger partial charge >= 0.3 is 0 Å². The van der Waals surface area contributed by atoms with Gasteiger partial charge in [-0.2, -0.15) is 0 Å². The SMILES string of the molecule is CCCOc1ccc(Cl)cc1NCc1cnc(C)s1. The Labute approximate surface area is 122 Å². The van der Waals surface area contributed by atoms with E-state index < -0.39 is 0 Å².